The molecule has 0 heterocycles. The molecule has 0 aromatic carbocycles. The Bertz CT molecular complexity index is 1110. The zero-order valence-electron chi connectivity index (χ0n) is 32.5. The van der Waals surface area contributed by atoms with Crippen LogP contribution in [0.15, 0.2) is 0 Å². The number of rotatable bonds is 23. The summed E-state index contributed by atoms with van der Waals surface area (Å²) in [5.41, 5.74) is 4.73. The Hall–Kier alpha value is -2.11. The molecular formula is C28H49CuMgNO32Zn. The third-order valence-electron chi connectivity index (χ3n) is 6.67. The van der Waals surface area contributed by atoms with Crippen molar-refractivity contribution in [2.24, 2.45) is 5.73 Å². The number of carbonyl (C=O) groups is 6. The van der Waals surface area contributed by atoms with Gasteiger partial charge in [-0.3, -0.25) is 0 Å². The van der Waals surface area contributed by atoms with Crippen LogP contribution in [0, 0.1) is 0 Å². The number of carbonyl (C=O) groups excluding carboxylic acids is 6. The molecule has 33 nitrogen and oxygen atoms in total. The maximum Gasteiger partial charge on any atom is 2.00 e. The minimum Gasteiger partial charge on any atom is -0.550 e. The number of aliphatic hydroxyl groups excluding tert-OH is 20. The fraction of sp³-hybridized carbons (Fsp3) is 0.786. The van der Waals surface area contributed by atoms with Gasteiger partial charge in [0.05, 0.1) is 56.3 Å². The van der Waals surface area contributed by atoms with Crippen LogP contribution in [0.3, 0.4) is 0 Å². The Morgan fingerprint density at radius 2 is 0.516 bits per heavy atom. The maximum atomic E-state index is 9.98. The summed E-state index contributed by atoms with van der Waals surface area (Å²) in [6.07, 6.45) is -33.0. The first-order chi connectivity index (χ1) is 27.7. The van der Waals surface area contributed by atoms with Gasteiger partial charge in [0.15, 0.2) is 0 Å². The van der Waals surface area contributed by atoms with E-state index in [1.165, 1.54) is 0 Å². The van der Waals surface area contributed by atoms with Crippen LogP contribution < -0.4 is 36.4 Å². The Morgan fingerprint density at radius 1 is 0.359 bits per heavy atom. The normalized spacial score (nSPS) is 18.3. The molecule has 1 unspecified atom stereocenters. The molecule has 0 aliphatic heterocycles. The van der Waals surface area contributed by atoms with Crippen LogP contribution in [0.4, 0.5) is 0 Å². The number of carboxylic acids is 6. The molecule has 0 saturated carbocycles. The number of hydrogen-bond donors (Lipinski definition) is 21. The van der Waals surface area contributed by atoms with Crippen LogP contribution in [0.1, 0.15) is 6.42 Å². The van der Waals surface area contributed by atoms with E-state index in [1.807, 2.05) is 0 Å². The molecule has 64 heavy (non-hydrogen) atoms. The van der Waals surface area contributed by atoms with E-state index in [9.17, 15) is 59.4 Å². The molecule has 17 atom stereocenters. The van der Waals surface area contributed by atoms with Gasteiger partial charge in [-0.15, -0.1) is 0 Å². The van der Waals surface area contributed by atoms with E-state index in [1.54, 1.807) is 0 Å². The van der Waals surface area contributed by atoms with Crippen molar-refractivity contribution in [2.75, 3.05) is 26.4 Å². The molecule has 0 aliphatic carbocycles. The number of carboxylic acid groups (broad SMARTS) is 6. The molecule has 0 aromatic heterocycles. The van der Waals surface area contributed by atoms with Crippen LogP contribution in [-0.4, -0.2) is 291 Å². The van der Waals surface area contributed by atoms with Crippen molar-refractivity contribution in [3.63, 3.8) is 0 Å². The summed E-state index contributed by atoms with van der Waals surface area (Å²) in [7, 11) is 0. The Kier molecular flexibility index (Phi) is 52.2. The minimum atomic E-state index is -2.31. The molecule has 0 aromatic rings. The number of aliphatic hydroxyl groups is 20. The molecule has 0 amide bonds. The molecule has 36 heteroatoms. The van der Waals surface area contributed by atoms with Crippen LogP contribution in [0.25, 0.3) is 0 Å². The fourth-order valence-corrected chi connectivity index (χ4v) is 2.91. The first-order valence-corrected chi connectivity index (χ1v) is 16.0. The van der Waals surface area contributed by atoms with Gasteiger partial charge in [-0.1, -0.05) is 0 Å². The van der Waals surface area contributed by atoms with Crippen molar-refractivity contribution < 1.29 is 198 Å². The summed E-state index contributed by atoms with van der Waals surface area (Å²) in [6, 6.07) is -1.46. The maximum absolute atomic E-state index is 9.98. The molecule has 1 radical (unpaired) electrons. The van der Waals surface area contributed by atoms with Gasteiger partial charge in [-0.2, -0.15) is 0 Å². The van der Waals surface area contributed by atoms with Gasteiger partial charge in [0.2, 0.25) is 0 Å². The van der Waals surface area contributed by atoms with Crippen molar-refractivity contribution >= 4 is 58.9 Å². The largest absolute Gasteiger partial charge is 2.00 e. The molecule has 0 fully saturated rings. The standard InChI is InChI=1S/4C6H12O7.C4H7NO4.Cu.Mg.Zn/c4*7-1-2(8)3(9)4(10)5(11)6(12)13;5-2(4(8)9)1-3(6)7;;;/h4*2-5,7-11H,1H2,(H,12,13);2H,1,5H2,(H,6,7)(H,8,9);;;/q;;;;;3*+2/p-6/t4*2-,3-,4+,5-;;;;/m1111..../s1. The molecule has 0 bridgehead atoms. The van der Waals surface area contributed by atoms with Gasteiger partial charge in [-0.05, 0) is 0 Å². The first-order valence-electron chi connectivity index (χ1n) is 16.0. The third-order valence-corrected chi connectivity index (χ3v) is 6.67. The van der Waals surface area contributed by atoms with E-state index in [0.717, 1.165) is 0 Å². The van der Waals surface area contributed by atoms with Gasteiger partial charge in [0.1, 0.15) is 97.7 Å². The summed E-state index contributed by atoms with van der Waals surface area (Å²) >= 11 is 0. The van der Waals surface area contributed by atoms with Crippen LogP contribution in [0.5, 0.6) is 0 Å². The quantitative estimate of drug-likeness (QED) is 0.0423. The van der Waals surface area contributed by atoms with E-state index in [2.05, 4.69) is 0 Å². The molecule has 22 N–H and O–H groups in total. The fourth-order valence-electron chi connectivity index (χ4n) is 2.91. The average molecular weight is 1060 g/mol. The molecule has 0 spiro atoms. The summed E-state index contributed by atoms with van der Waals surface area (Å²) in [6.45, 7) is -3.45. The van der Waals surface area contributed by atoms with Crippen LogP contribution >= 0.6 is 0 Å². The van der Waals surface area contributed by atoms with Crippen molar-refractivity contribution in [3.8, 4) is 0 Å². The van der Waals surface area contributed by atoms with E-state index >= 15 is 0 Å². The van der Waals surface area contributed by atoms with Gasteiger partial charge < -0.3 is 167 Å². The summed E-state index contributed by atoms with van der Waals surface area (Å²) in [5.74, 6) is -11.0. The molecule has 373 valence electrons. The Morgan fingerprint density at radius 3 is 0.594 bits per heavy atom. The van der Waals surface area contributed by atoms with Crippen molar-refractivity contribution in [3.05, 3.63) is 0 Å². The summed E-state index contributed by atoms with van der Waals surface area (Å²) < 4.78 is 0. The monoisotopic (exact) mass is 1060 g/mol. The van der Waals surface area contributed by atoms with Gasteiger partial charge in [-0.25, -0.2) is 0 Å². The van der Waals surface area contributed by atoms with Crippen molar-refractivity contribution in [1.82, 2.24) is 0 Å². The summed E-state index contributed by atoms with van der Waals surface area (Å²) in [4.78, 5) is 59.3. The number of aliphatic carboxylic acids is 6. The molecule has 0 aliphatic rings. The average Bonchev–Trinajstić information content (AvgIpc) is 3.21. The van der Waals surface area contributed by atoms with E-state index in [0.29, 0.717) is 0 Å². The van der Waals surface area contributed by atoms with E-state index in [4.69, 9.17) is 108 Å². The second kappa shape index (κ2) is 42.3. The molecule has 0 rings (SSSR count). The third kappa shape index (κ3) is 34.2. The summed E-state index contributed by atoms with van der Waals surface area (Å²) in [5, 5.41) is 233. The minimum absolute atomic E-state index is 0. The Balaban J connectivity index is -0.000000101. The van der Waals surface area contributed by atoms with Crippen molar-refractivity contribution in [1.29, 1.82) is 0 Å². The van der Waals surface area contributed by atoms with Gasteiger partial charge >= 0.3 is 59.6 Å². The molecule has 0 saturated heterocycles. The zero-order valence-corrected chi connectivity index (χ0v) is 37.8. The van der Waals surface area contributed by atoms with Gasteiger partial charge in [0, 0.05) is 18.4 Å². The van der Waals surface area contributed by atoms with E-state index in [-0.39, 0.29) is 59.6 Å². The second-order valence-electron chi connectivity index (χ2n) is 11.5. The van der Waals surface area contributed by atoms with Gasteiger partial charge in [0.25, 0.3) is 0 Å². The predicted molar refractivity (Wildman–Crippen MR) is 173 cm³/mol. The van der Waals surface area contributed by atoms with Crippen LogP contribution in [0.2, 0.25) is 0 Å². The Labute approximate surface area is 397 Å². The predicted octanol–water partition coefficient (Wildman–Crippen LogP) is -23.5. The smallest absolute Gasteiger partial charge is 0.550 e. The second-order valence-corrected chi connectivity index (χ2v) is 11.5. The SMILES string of the molecule is NC(CC(=O)[O-])C(=O)[O-].O=C([O-])[C@H](O)[C@@H](O)[C@H](O)[C@H](O)CO.O=C([O-])[C@H](O)[C@@H](O)[C@H](O)[C@H](O)CO.O=C([O-])[C@H](O)[C@@H](O)[C@H](O)[C@H](O)CO.O=C([O-])[C@H](O)[C@@H](O)[C@H](O)[C@H](O)CO.[Cu+2].[Mg+2].[Zn+2]. The topological polar surface area (TPSA) is 671 Å². The van der Waals surface area contributed by atoms with Crippen molar-refractivity contribution in [2.45, 2.75) is 110 Å². The zero-order chi connectivity index (χ0) is 49.8. The van der Waals surface area contributed by atoms with Crippen LogP contribution in [-0.2, 0) is 65.3 Å². The first kappa shape index (κ1) is 79.0. The molecular weight excluding hydrogens is 1020 g/mol. The van der Waals surface area contributed by atoms with E-state index < -0.39 is 172 Å². The number of nitrogens with two attached hydrogens (primary N) is 1. The number of hydrogen-bond acceptors (Lipinski definition) is 33.